The zero-order chi connectivity index (χ0) is 15.2. The van der Waals surface area contributed by atoms with Crippen LogP contribution >= 0.6 is 22.9 Å². The van der Waals surface area contributed by atoms with Crippen LogP contribution in [0.15, 0.2) is 30.3 Å². The number of ether oxygens (including phenoxy) is 1. The summed E-state index contributed by atoms with van der Waals surface area (Å²) in [6, 6.07) is 10.1. The number of aryl methyl sites for hydroxylation is 1. The first-order valence-corrected chi connectivity index (χ1v) is 8.41. The fraction of sp³-hybridized carbons (Fsp3) is 0.412. The highest BCUT2D eigenvalue weighted by Crippen LogP contribution is 2.27. The first kappa shape index (κ1) is 16.3. The lowest BCUT2D eigenvalue weighted by Crippen LogP contribution is -2.18. The Balaban J connectivity index is 1.86. The average molecular weight is 324 g/mol. The van der Waals surface area contributed by atoms with Crippen LogP contribution in [0.2, 0.25) is 5.02 Å². The molecule has 1 heterocycles. The number of halogens is 1. The van der Waals surface area contributed by atoms with Gasteiger partial charge in [-0.2, -0.15) is 0 Å². The van der Waals surface area contributed by atoms with E-state index in [-0.39, 0.29) is 0 Å². The molecule has 114 valence electrons. The topological polar surface area (TPSA) is 21.3 Å². The van der Waals surface area contributed by atoms with E-state index in [9.17, 15) is 0 Å². The van der Waals surface area contributed by atoms with Gasteiger partial charge in [0.2, 0.25) is 0 Å². The second-order valence-electron chi connectivity index (χ2n) is 5.62. The lowest BCUT2D eigenvalue weighted by atomic mass is 10.2. The molecule has 1 aromatic heterocycles. The normalized spacial score (nSPS) is 11.1. The molecule has 0 aliphatic carbocycles. The van der Waals surface area contributed by atoms with Crippen molar-refractivity contribution in [2.75, 3.05) is 6.54 Å². The molecular weight excluding hydrogens is 302 g/mol. The SMILES string of the molecule is Cc1ccc(Cl)c(OCc2ccc(CNCC(C)C)s2)c1. The molecule has 0 unspecified atom stereocenters. The van der Waals surface area contributed by atoms with E-state index >= 15 is 0 Å². The number of nitrogens with one attached hydrogen (secondary N) is 1. The predicted octanol–water partition coefficient (Wildman–Crippen LogP) is 5.03. The van der Waals surface area contributed by atoms with E-state index in [4.69, 9.17) is 16.3 Å². The molecule has 0 aliphatic rings. The van der Waals surface area contributed by atoms with E-state index in [1.165, 1.54) is 9.75 Å². The molecule has 0 radical (unpaired) electrons. The molecule has 21 heavy (non-hydrogen) atoms. The highest BCUT2D eigenvalue weighted by atomic mass is 35.5. The average Bonchev–Trinajstić information content (AvgIpc) is 2.87. The van der Waals surface area contributed by atoms with Crippen molar-refractivity contribution < 1.29 is 4.74 Å². The fourth-order valence-electron chi connectivity index (χ4n) is 1.95. The standard InChI is InChI=1S/C17H22ClNOS/c1-12(2)9-19-10-14-5-6-15(21-14)11-20-17-8-13(3)4-7-16(17)18/h4-8,12,19H,9-11H2,1-3H3. The van der Waals surface area contributed by atoms with Gasteiger partial charge in [0.05, 0.1) is 5.02 Å². The molecule has 4 heteroatoms. The van der Waals surface area contributed by atoms with Crippen molar-refractivity contribution in [1.82, 2.24) is 5.32 Å². The fourth-order valence-corrected chi connectivity index (χ4v) is 3.02. The number of thiophene rings is 1. The minimum Gasteiger partial charge on any atom is -0.486 e. The van der Waals surface area contributed by atoms with E-state index in [1.54, 1.807) is 11.3 Å². The van der Waals surface area contributed by atoms with Gasteiger partial charge in [0.25, 0.3) is 0 Å². The lowest BCUT2D eigenvalue weighted by molar-refractivity contribution is 0.310. The van der Waals surface area contributed by atoms with Crippen LogP contribution in [-0.2, 0) is 13.2 Å². The predicted molar refractivity (Wildman–Crippen MR) is 91.4 cm³/mol. The minimum absolute atomic E-state index is 0.567. The second kappa shape index (κ2) is 7.83. The highest BCUT2D eigenvalue weighted by molar-refractivity contribution is 7.11. The van der Waals surface area contributed by atoms with Gasteiger partial charge >= 0.3 is 0 Å². The van der Waals surface area contributed by atoms with Gasteiger partial charge in [0.1, 0.15) is 12.4 Å². The molecule has 2 rings (SSSR count). The summed E-state index contributed by atoms with van der Waals surface area (Å²) in [5, 5.41) is 4.12. The molecular formula is C17H22ClNOS. The van der Waals surface area contributed by atoms with Crippen molar-refractivity contribution in [3.05, 3.63) is 50.7 Å². The van der Waals surface area contributed by atoms with Crippen molar-refractivity contribution in [1.29, 1.82) is 0 Å². The summed E-state index contributed by atoms with van der Waals surface area (Å²) in [5.41, 5.74) is 1.15. The number of hydrogen-bond acceptors (Lipinski definition) is 3. The summed E-state index contributed by atoms with van der Waals surface area (Å²) in [7, 11) is 0. The Morgan fingerprint density at radius 2 is 1.95 bits per heavy atom. The first-order chi connectivity index (χ1) is 10.0. The molecule has 0 saturated carbocycles. The maximum absolute atomic E-state index is 6.13. The third-order valence-corrected chi connectivity index (χ3v) is 4.40. The van der Waals surface area contributed by atoms with Gasteiger partial charge in [-0.1, -0.05) is 31.5 Å². The summed E-state index contributed by atoms with van der Waals surface area (Å²) < 4.78 is 5.82. The first-order valence-electron chi connectivity index (χ1n) is 7.22. The molecule has 1 aromatic carbocycles. The van der Waals surface area contributed by atoms with E-state index in [0.29, 0.717) is 17.5 Å². The summed E-state index contributed by atoms with van der Waals surface area (Å²) in [6.45, 7) is 9.00. The van der Waals surface area contributed by atoms with Crippen LogP contribution in [0.4, 0.5) is 0 Å². The van der Waals surface area contributed by atoms with Crippen LogP contribution in [0.25, 0.3) is 0 Å². The van der Waals surface area contributed by atoms with Crippen molar-refractivity contribution >= 4 is 22.9 Å². The molecule has 0 spiro atoms. The van der Waals surface area contributed by atoms with Gasteiger partial charge in [-0.3, -0.25) is 0 Å². The van der Waals surface area contributed by atoms with E-state index < -0.39 is 0 Å². The van der Waals surface area contributed by atoms with E-state index in [0.717, 1.165) is 24.4 Å². The molecule has 0 bridgehead atoms. The van der Waals surface area contributed by atoms with Gasteiger partial charge in [-0.05, 0) is 49.2 Å². The summed E-state index contributed by atoms with van der Waals surface area (Å²) >= 11 is 7.92. The van der Waals surface area contributed by atoms with E-state index in [2.05, 4.69) is 31.3 Å². The Bertz CT molecular complexity index is 580. The summed E-state index contributed by atoms with van der Waals surface area (Å²) in [4.78, 5) is 2.55. The quantitative estimate of drug-likeness (QED) is 0.771. The van der Waals surface area contributed by atoms with Gasteiger partial charge < -0.3 is 10.1 Å². The van der Waals surface area contributed by atoms with Crippen LogP contribution in [-0.4, -0.2) is 6.54 Å². The molecule has 0 saturated heterocycles. The third-order valence-electron chi connectivity index (χ3n) is 3.03. The number of benzene rings is 1. The maximum Gasteiger partial charge on any atom is 0.138 e. The minimum atomic E-state index is 0.567. The van der Waals surface area contributed by atoms with Crippen LogP contribution in [0, 0.1) is 12.8 Å². The van der Waals surface area contributed by atoms with Crippen LogP contribution in [0.5, 0.6) is 5.75 Å². The lowest BCUT2D eigenvalue weighted by Gasteiger charge is -2.07. The van der Waals surface area contributed by atoms with Crippen LogP contribution in [0.3, 0.4) is 0 Å². The summed E-state index contributed by atoms with van der Waals surface area (Å²) in [6.07, 6.45) is 0. The zero-order valence-corrected chi connectivity index (χ0v) is 14.4. The Morgan fingerprint density at radius 3 is 2.71 bits per heavy atom. The van der Waals surface area contributed by atoms with Crippen molar-refractivity contribution in [3.8, 4) is 5.75 Å². The van der Waals surface area contributed by atoms with Crippen LogP contribution in [0.1, 0.15) is 29.2 Å². The smallest absolute Gasteiger partial charge is 0.138 e. The third kappa shape index (κ3) is 5.34. The van der Waals surface area contributed by atoms with Gasteiger partial charge in [-0.25, -0.2) is 0 Å². The highest BCUT2D eigenvalue weighted by Gasteiger charge is 2.05. The Hall–Kier alpha value is -1.03. The van der Waals surface area contributed by atoms with Gasteiger partial charge in [0, 0.05) is 16.3 Å². The van der Waals surface area contributed by atoms with Gasteiger partial charge in [0.15, 0.2) is 0 Å². The molecule has 0 aliphatic heterocycles. The van der Waals surface area contributed by atoms with Crippen molar-refractivity contribution in [2.45, 2.75) is 33.9 Å². The Morgan fingerprint density at radius 1 is 1.19 bits per heavy atom. The molecule has 0 atom stereocenters. The largest absolute Gasteiger partial charge is 0.486 e. The molecule has 0 fully saturated rings. The Labute approximate surface area is 136 Å². The van der Waals surface area contributed by atoms with Crippen molar-refractivity contribution in [3.63, 3.8) is 0 Å². The molecule has 0 amide bonds. The van der Waals surface area contributed by atoms with E-state index in [1.807, 2.05) is 25.1 Å². The molecule has 2 nitrogen and oxygen atoms in total. The van der Waals surface area contributed by atoms with Crippen LogP contribution < -0.4 is 10.1 Å². The molecule has 1 N–H and O–H groups in total. The number of hydrogen-bond donors (Lipinski definition) is 1. The number of rotatable bonds is 7. The Kier molecular flexibility index (Phi) is 6.09. The van der Waals surface area contributed by atoms with Crippen molar-refractivity contribution in [2.24, 2.45) is 5.92 Å². The molecule has 2 aromatic rings. The monoisotopic (exact) mass is 323 g/mol. The maximum atomic E-state index is 6.13. The second-order valence-corrected chi connectivity index (χ2v) is 7.28. The summed E-state index contributed by atoms with van der Waals surface area (Å²) in [5.74, 6) is 1.43. The zero-order valence-electron chi connectivity index (χ0n) is 12.8. The van der Waals surface area contributed by atoms with Gasteiger partial charge in [-0.15, -0.1) is 11.3 Å².